The van der Waals surface area contributed by atoms with Crippen molar-refractivity contribution in [3.63, 3.8) is 0 Å². The molecule has 1 fully saturated rings. The van der Waals surface area contributed by atoms with Gasteiger partial charge in [-0.15, -0.1) is 11.3 Å². The Morgan fingerprint density at radius 1 is 1.63 bits per heavy atom. The number of likely N-dealkylation sites (tertiary alicyclic amines) is 1. The molecule has 0 radical (unpaired) electrons. The van der Waals surface area contributed by atoms with Crippen LogP contribution in [0.15, 0.2) is 15.9 Å². The standard InChI is InChI=1S/C14H21BrN2OS/c1-10(12-4-5-13(15)19-12)14(18)17(3)9-11-6-7-16(2)8-11/h4-5,10-11H,6-9H2,1-3H3/t10-,11+/m1/s1. The summed E-state index contributed by atoms with van der Waals surface area (Å²) in [5.41, 5.74) is 0. The van der Waals surface area contributed by atoms with Crippen LogP contribution in [-0.2, 0) is 4.79 Å². The summed E-state index contributed by atoms with van der Waals surface area (Å²) in [6, 6.07) is 4.05. The highest BCUT2D eigenvalue weighted by Crippen LogP contribution is 2.29. The number of halogens is 1. The average molecular weight is 345 g/mol. The normalized spacial score (nSPS) is 21.6. The largest absolute Gasteiger partial charge is 0.345 e. The van der Waals surface area contributed by atoms with Gasteiger partial charge in [-0.05, 0) is 60.9 Å². The lowest BCUT2D eigenvalue weighted by Crippen LogP contribution is -2.35. The van der Waals surface area contributed by atoms with Crippen molar-refractivity contribution in [3.8, 4) is 0 Å². The molecule has 1 aromatic rings. The van der Waals surface area contributed by atoms with Crippen LogP contribution >= 0.6 is 27.3 Å². The van der Waals surface area contributed by atoms with Crippen molar-refractivity contribution >= 4 is 33.2 Å². The molecule has 106 valence electrons. The van der Waals surface area contributed by atoms with Crippen LogP contribution in [0.3, 0.4) is 0 Å². The zero-order valence-corrected chi connectivity index (χ0v) is 14.1. The van der Waals surface area contributed by atoms with Gasteiger partial charge in [0.25, 0.3) is 0 Å². The Kier molecular flexibility index (Phi) is 5.03. The quantitative estimate of drug-likeness (QED) is 0.838. The molecule has 0 unspecified atom stereocenters. The monoisotopic (exact) mass is 344 g/mol. The lowest BCUT2D eigenvalue weighted by Gasteiger charge is -2.24. The smallest absolute Gasteiger partial charge is 0.230 e. The van der Waals surface area contributed by atoms with Crippen LogP contribution in [0.5, 0.6) is 0 Å². The molecule has 5 heteroatoms. The van der Waals surface area contributed by atoms with Crippen LogP contribution in [0.1, 0.15) is 24.1 Å². The van der Waals surface area contributed by atoms with E-state index in [1.54, 1.807) is 11.3 Å². The van der Waals surface area contributed by atoms with Crippen molar-refractivity contribution in [1.29, 1.82) is 0 Å². The molecular formula is C14H21BrN2OS. The molecule has 0 aliphatic carbocycles. The van der Waals surface area contributed by atoms with Gasteiger partial charge in [0.05, 0.1) is 9.70 Å². The van der Waals surface area contributed by atoms with Crippen LogP contribution in [0, 0.1) is 5.92 Å². The molecular weight excluding hydrogens is 324 g/mol. The van der Waals surface area contributed by atoms with Crippen LogP contribution in [0.2, 0.25) is 0 Å². The fourth-order valence-corrected chi connectivity index (χ4v) is 4.13. The fraction of sp³-hybridized carbons (Fsp3) is 0.643. The van der Waals surface area contributed by atoms with Gasteiger partial charge in [-0.3, -0.25) is 4.79 Å². The lowest BCUT2D eigenvalue weighted by molar-refractivity contribution is -0.131. The summed E-state index contributed by atoms with van der Waals surface area (Å²) >= 11 is 5.10. The van der Waals surface area contributed by atoms with E-state index in [1.807, 2.05) is 31.0 Å². The molecule has 0 bridgehead atoms. The van der Waals surface area contributed by atoms with Crippen molar-refractivity contribution in [2.75, 3.05) is 33.7 Å². The zero-order chi connectivity index (χ0) is 14.0. The van der Waals surface area contributed by atoms with E-state index in [-0.39, 0.29) is 11.8 Å². The first-order valence-corrected chi connectivity index (χ1v) is 8.27. The van der Waals surface area contributed by atoms with Gasteiger partial charge < -0.3 is 9.80 Å². The number of nitrogens with zero attached hydrogens (tertiary/aromatic N) is 2. The van der Waals surface area contributed by atoms with E-state index in [2.05, 4.69) is 27.9 Å². The topological polar surface area (TPSA) is 23.6 Å². The zero-order valence-electron chi connectivity index (χ0n) is 11.7. The van der Waals surface area contributed by atoms with Crippen LogP contribution in [0.25, 0.3) is 0 Å². The number of amides is 1. The van der Waals surface area contributed by atoms with Crippen molar-refractivity contribution in [2.24, 2.45) is 5.92 Å². The maximum Gasteiger partial charge on any atom is 0.230 e. The molecule has 0 N–H and O–H groups in total. The van der Waals surface area contributed by atoms with Crippen molar-refractivity contribution in [2.45, 2.75) is 19.3 Å². The minimum atomic E-state index is -0.0413. The van der Waals surface area contributed by atoms with Crippen molar-refractivity contribution in [1.82, 2.24) is 9.80 Å². The number of hydrogen-bond donors (Lipinski definition) is 0. The summed E-state index contributed by atoms with van der Waals surface area (Å²) < 4.78 is 1.09. The fourth-order valence-electron chi connectivity index (χ4n) is 2.67. The van der Waals surface area contributed by atoms with Gasteiger partial charge in [0.15, 0.2) is 0 Å². The Morgan fingerprint density at radius 2 is 2.37 bits per heavy atom. The highest BCUT2D eigenvalue weighted by Gasteiger charge is 2.25. The average Bonchev–Trinajstić information content (AvgIpc) is 2.96. The van der Waals surface area contributed by atoms with E-state index in [0.29, 0.717) is 5.92 Å². The first kappa shape index (κ1) is 15.0. The molecule has 1 aliphatic rings. The molecule has 0 aromatic carbocycles. The summed E-state index contributed by atoms with van der Waals surface area (Å²) in [6.45, 7) is 5.13. The van der Waals surface area contributed by atoms with E-state index in [0.717, 1.165) is 28.3 Å². The first-order chi connectivity index (χ1) is 8.97. The molecule has 2 heterocycles. The Labute approximate surface area is 127 Å². The number of likely N-dealkylation sites (N-methyl/N-ethyl adjacent to an activating group) is 1. The van der Waals surface area contributed by atoms with Gasteiger partial charge in [-0.25, -0.2) is 0 Å². The number of carbonyl (C=O) groups is 1. The summed E-state index contributed by atoms with van der Waals surface area (Å²) in [5.74, 6) is 0.811. The third-order valence-corrected chi connectivity index (χ3v) is 5.59. The highest BCUT2D eigenvalue weighted by molar-refractivity contribution is 9.11. The van der Waals surface area contributed by atoms with Crippen LogP contribution < -0.4 is 0 Å². The van der Waals surface area contributed by atoms with E-state index in [4.69, 9.17) is 0 Å². The lowest BCUT2D eigenvalue weighted by atomic mass is 10.1. The second kappa shape index (κ2) is 6.37. The van der Waals surface area contributed by atoms with Gasteiger partial charge in [0, 0.05) is 25.0 Å². The first-order valence-electron chi connectivity index (χ1n) is 6.66. The van der Waals surface area contributed by atoms with E-state index in [9.17, 15) is 4.79 Å². The molecule has 0 saturated carbocycles. The summed E-state index contributed by atoms with van der Waals surface area (Å²) in [5, 5.41) is 0. The van der Waals surface area contributed by atoms with Crippen LogP contribution in [-0.4, -0.2) is 49.4 Å². The predicted molar refractivity (Wildman–Crippen MR) is 83.7 cm³/mol. The third-order valence-electron chi connectivity index (χ3n) is 3.79. The van der Waals surface area contributed by atoms with Crippen molar-refractivity contribution in [3.05, 3.63) is 20.8 Å². The summed E-state index contributed by atoms with van der Waals surface area (Å²) in [4.78, 5) is 17.8. The minimum absolute atomic E-state index is 0.0413. The number of hydrogen-bond acceptors (Lipinski definition) is 3. The van der Waals surface area contributed by atoms with Gasteiger partial charge in [-0.1, -0.05) is 0 Å². The summed E-state index contributed by atoms with van der Waals surface area (Å²) in [6.07, 6.45) is 1.20. The molecule has 1 amide bonds. The molecule has 1 aromatic heterocycles. The number of carbonyl (C=O) groups excluding carboxylic acids is 1. The number of thiophene rings is 1. The third kappa shape index (κ3) is 3.80. The van der Waals surface area contributed by atoms with Crippen molar-refractivity contribution < 1.29 is 4.79 Å². The SMILES string of the molecule is C[C@@H](C(=O)N(C)C[C@H]1CCN(C)C1)c1ccc(Br)s1. The Hall–Kier alpha value is -0.390. The molecule has 1 saturated heterocycles. The maximum absolute atomic E-state index is 12.4. The van der Waals surface area contributed by atoms with E-state index < -0.39 is 0 Å². The molecule has 19 heavy (non-hydrogen) atoms. The predicted octanol–water partition coefficient (Wildman–Crippen LogP) is 3.02. The van der Waals surface area contributed by atoms with Gasteiger partial charge in [0.2, 0.25) is 5.91 Å². The Bertz CT molecular complexity index is 448. The van der Waals surface area contributed by atoms with Gasteiger partial charge in [0.1, 0.15) is 0 Å². The second-order valence-electron chi connectivity index (χ2n) is 5.50. The molecule has 0 spiro atoms. The van der Waals surface area contributed by atoms with Gasteiger partial charge >= 0.3 is 0 Å². The van der Waals surface area contributed by atoms with E-state index in [1.165, 1.54) is 6.42 Å². The number of rotatable bonds is 4. The molecule has 1 aliphatic heterocycles. The minimum Gasteiger partial charge on any atom is -0.345 e. The van der Waals surface area contributed by atoms with E-state index >= 15 is 0 Å². The maximum atomic E-state index is 12.4. The molecule has 2 rings (SSSR count). The molecule has 2 atom stereocenters. The summed E-state index contributed by atoms with van der Waals surface area (Å²) in [7, 11) is 4.08. The molecule has 3 nitrogen and oxygen atoms in total. The second-order valence-corrected chi connectivity index (χ2v) is 7.99. The highest BCUT2D eigenvalue weighted by atomic mass is 79.9. The Morgan fingerprint density at radius 3 is 2.89 bits per heavy atom. The van der Waals surface area contributed by atoms with Gasteiger partial charge in [-0.2, -0.15) is 0 Å². The Balaban J connectivity index is 1.91. The van der Waals surface area contributed by atoms with Crippen LogP contribution in [0.4, 0.5) is 0 Å².